The molecule has 168 valence electrons. The van der Waals surface area contributed by atoms with Crippen LogP contribution in [-0.4, -0.2) is 95.6 Å². The predicted octanol–water partition coefficient (Wildman–Crippen LogP) is 0.0909. The first kappa shape index (κ1) is 21.9. The summed E-state index contributed by atoms with van der Waals surface area (Å²) in [4.78, 5) is 16.6. The number of amides is 1. The highest BCUT2D eigenvalue weighted by Gasteiger charge is 2.34. The molecule has 0 aliphatic carbocycles. The summed E-state index contributed by atoms with van der Waals surface area (Å²) in [6.07, 6.45) is 0.689. The molecule has 2 saturated heterocycles. The Morgan fingerprint density at radius 3 is 2.52 bits per heavy atom. The van der Waals surface area contributed by atoms with E-state index in [9.17, 15) is 13.2 Å². The van der Waals surface area contributed by atoms with E-state index in [0.29, 0.717) is 43.6 Å². The Bertz CT molecular complexity index is 1030. The van der Waals surface area contributed by atoms with Gasteiger partial charge in [0.1, 0.15) is 5.75 Å². The Morgan fingerprint density at radius 1 is 1.19 bits per heavy atom. The van der Waals surface area contributed by atoms with Crippen LogP contribution in [0.15, 0.2) is 29.4 Å². The van der Waals surface area contributed by atoms with Crippen molar-refractivity contribution in [2.75, 3.05) is 56.4 Å². The molecule has 2 aliphatic heterocycles. The average molecular weight is 467 g/mol. The first-order valence-electron chi connectivity index (χ1n) is 10.1. The molecule has 2 aliphatic rings. The number of hydrogen-bond acceptors (Lipinski definition) is 9. The molecule has 3 heterocycles. The molecule has 2 aromatic rings. The third-order valence-corrected chi connectivity index (χ3v) is 8.41. The predicted molar refractivity (Wildman–Crippen MR) is 118 cm³/mol. The van der Waals surface area contributed by atoms with Crippen molar-refractivity contribution in [3.63, 3.8) is 0 Å². The molecule has 1 amide bonds. The Hall–Kier alpha value is -2.31. The number of thioether (sulfide) groups is 1. The van der Waals surface area contributed by atoms with Crippen LogP contribution < -0.4 is 10.6 Å². The number of benzene rings is 1. The van der Waals surface area contributed by atoms with Crippen LogP contribution in [-0.2, 0) is 14.6 Å². The van der Waals surface area contributed by atoms with Crippen molar-refractivity contribution >= 4 is 27.5 Å². The topological polar surface area (TPSA) is 124 Å². The number of carbonyl (C=O) groups excluding carboxylic acids is 1. The minimum Gasteiger partial charge on any atom is -0.497 e. The van der Waals surface area contributed by atoms with E-state index in [-0.39, 0.29) is 29.2 Å². The van der Waals surface area contributed by atoms with Gasteiger partial charge >= 0.3 is 0 Å². The molecule has 1 atom stereocenters. The van der Waals surface area contributed by atoms with Gasteiger partial charge in [-0.15, -0.1) is 10.2 Å². The smallest absolute Gasteiger partial charge is 0.233 e. The van der Waals surface area contributed by atoms with E-state index in [2.05, 4.69) is 15.1 Å². The molecule has 0 spiro atoms. The van der Waals surface area contributed by atoms with Gasteiger partial charge in [-0.3, -0.25) is 9.69 Å². The van der Waals surface area contributed by atoms with E-state index in [0.717, 1.165) is 11.3 Å². The highest BCUT2D eigenvalue weighted by atomic mass is 32.2. The molecule has 10 nitrogen and oxygen atoms in total. The second kappa shape index (κ2) is 9.05. The van der Waals surface area contributed by atoms with Crippen molar-refractivity contribution in [3.8, 4) is 17.1 Å². The molecule has 31 heavy (non-hydrogen) atoms. The van der Waals surface area contributed by atoms with E-state index in [1.165, 1.54) is 16.4 Å². The summed E-state index contributed by atoms with van der Waals surface area (Å²) in [6.45, 7) is 2.60. The number of sulfone groups is 1. The number of nitrogens with zero attached hydrogens (tertiary/aromatic N) is 5. The van der Waals surface area contributed by atoms with Gasteiger partial charge in [-0.05, 0) is 30.7 Å². The summed E-state index contributed by atoms with van der Waals surface area (Å²) in [5.74, 6) is 8.12. The van der Waals surface area contributed by atoms with Gasteiger partial charge in [0, 0.05) is 37.8 Å². The maximum absolute atomic E-state index is 12.6. The maximum atomic E-state index is 12.6. The number of methoxy groups -OCH3 is 1. The quantitative estimate of drug-likeness (QED) is 0.466. The molecule has 2 N–H and O–H groups in total. The number of carbonyl (C=O) groups is 1. The van der Waals surface area contributed by atoms with Crippen LogP contribution in [0.3, 0.4) is 0 Å². The standard InChI is InChI=1S/C19H26N6O4S2/c1-29-16-4-2-14(3-5-16)18-21-22-19(25(18)20)30-12-17(26)24-9-7-23(8-10-24)15-6-11-31(27,28)13-15/h2-5,15H,6-13,20H2,1H3. The van der Waals surface area contributed by atoms with Crippen molar-refractivity contribution in [2.24, 2.45) is 0 Å². The fourth-order valence-corrected chi connectivity index (χ4v) is 6.45. The highest BCUT2D eigenvalue weighted by molar-refractivity contribution is 7.99. The summed E-state index contributed by atoms with van der Waals surface area (Å²) in [5.41, 5.74) is 0.805. The van der Waals surface area contributed by atoms with E-state index in [1.54, 1.807) is 7.11 Å². The molecule has 0 radical (unpaired) electrons. The lowest BCUT2D eigenvalue weighted by Gasteiger charge is -2.37. The number of nitrogen functional groups attached to an aromatic ring is 1. The van der Waals surface area contributed by atoms with Gasteiger partial charge < -0.3 is 15.5 Å². The zero-order valence-electron chi connectivity index (χ0n) is 17.3. The lowest BCUT2D eigenvalue weighted by molar-refractivity contribution is -0.130. The Morgan fingerprint density at radius 2 is 1.90 bits per heavy atom. The van der Waals surface area contributed by atoms with Crippen molar-refractivity contribution < 1.29 is 17.9 Å². The summed E-state index contributed by atoms with van der Waals surface area (Å²) in [6, 6.07) is 7.42. The minimum absolute atomic E-state index is 0.0118. The Balaban J connectivity index is 1.29. The van der Waals surface area contributed by atoms with Gasteiger partial charge in [0.2, 0.25) is 11.1 Å². The SMILES string of the molecule is COc1ccc(-c2nnc(SCC(=O)N3CCN(C4CCS(=O)(=O)C4)CC3)n2N)cc1. The zero-order chi connectivity index (χ0) is 22.0. The molecule has 0 bridgehead atoms. The largest absolute Gasteiger partial charge is 0.497 e. The van der Waals surface area contributed by atoms with Gasteiger partial charge in [0.05, 0.1) is 24.4 Å². The number of aromatic nitrogens is 3. The monoisotopic (exact) mass is 466 g/mol. The molecule has 0 saturated carbocycles. The fourth-order valence-electron chi connectivity index (χ4n) is 3.93. The van der Waals surface area contributed by atoms with Crippen molar-refractivity contribution in [3.05, 3.63) is 24.3 Å². The van der Waals surface area contributed by atoms with Crippen LogP contribution in [0.4, 0.5) is 0 Å². The lowest BCUT2D eigenvalue weighted by Crippen LogP contribution is -2.52. The van der Waals surface area contributed by atoms with Gasteiger partial charge in [-0.1, -0.05) is 11.8 Å². The molecule has 4 rings (SSSR count). The van der Waals surface area contributed by atoms with Crippen molar-refractivity contribution in [1.29, 1.82) is 0 Å². The lowest BCUT2D eigenvalue weighted by atomic mass is 10.2. The Kier molecular flexibility index (Phi) is 6.39. The minimum atomic E-state index is -2.90. The van der Waals surface area contributed by atoms with Gasteiger partial charge in [0.25, 0.3) is 0 Å². The summed E-state index contributed by atoms with van der Waals surface area (Å²) < 4.78 is 29.9. The van der Waals surface area contributed by atoms with Crippen LogP contribution >= 0.6 is 11.8 Å². The van der Waals surface area contributed by atoms with Crippen LogP contribution in [0.1, 0.15) is 6.42 Å². The third kappa shape index (κ3) is 4.96. The second-order valence-corrected chi connectivity index (χ2v) is 10.8. The van der Waals surface area contributed by atoms with Crippen LogP contribution in [0.2, 0.25) is 0 Å². The molecule has 1 aromatic carbocycles. The summed E-state index contributed by atoms with van der Waals surface area (Å²) >= 11 is 1.25. The number of hydrogen-bond donors (Lipinski definition) is 1. The van der Waals surface area contributed by atoms with Crippen molar-refractivity contribution in [1.82, 2.24) is 24.7 Å². The molecular weight excluding hydrogens is 440 g/mol. The van der Waals surface area contributed by atoms with Crippen LogP contribution in [0, 0.1) is 0 Å². The fraction of sp³-hybridized carbons (Fsp3) is 0.526. The van der Waals surface area contributed by atoms with Crippen LogP contribution in [0.5, 0.6) is 5.75 Å². The van der Waals surface area contributed by atoms with E-state index >= 15 is 0 Å². The van der Waals surface area contributed by atoms with E-state index in [1.807, 2.05) is 29.2 Å². The number of rotatable bonds is 6. The number of nitrogens with two attached hydrogens (primary N) is 1. The molecular formula is C19H26N6O4S2. The summed E-state index contributed by atoms with van der Waals surface area (Å²) in [7, 11) is -1.30. The Labute approximate surface area is 185 Å². The van der Waals surface area contributed by atoms with Crippen molar-refractivity contribution in [2.45, 2.75) is 17.6 Å². The summed E-state index contributed by atoms with van der Waals surface area (Å²) in [5, 5.41) is 8.72. The van der Waals surface area contributed by atoms with E-state index < -0.39 is 9.84 Å². The molecule has 1 aromatic heterocycles. The van der Waals surface area contributed by atoms with Gasteiger partial charge in [-0.2, -0.15) is 0 Å². The zero-order valence-corrected chi connectivity index (χ0v) is 18.9. The normalized spacial score (nSPS) is 21.3. The van der Waals surface area contributed by atoms with E-state index in [4.69, 9.17) is 10.6 Å². The second-order valence-electron chi connectivity index (χ2n) is 7.67. The first-order valence-corrected chi connectivity index (χ1v) is 12.9. The molecule has 1 unspecified atom stereocenters. The van der Waals surface area contributed by atoms with Gasteiger partial charge in [0.15, 0.2) is 15.7 Å². The first-order chi connectivity index (χ1) is 14.9. The average Bonchev–Trinajstić information content (AvgIpc) is 3.33. The highest BCUT2D eigenvalue weighted by Crippen LogP contribution is 2.24. The number of piperazine rings is 1. The maximum Gasteiger partial charge on any atom is 0.233 e. The molecule has 2 fully saturated rings. The third-order valence-electron chi connectivity index (χ3n) is 5.73. The van der Waals surface area contributed by atoms with Crippen LogP contribution in [0.25, 0.3) is 11.4 Å². The number of ether oxygens (including phenoxy) is 1. The van der Waals surface area contributed by atoms with Gasteiger partial charge in [-0.25, -0.2) is 13.1 Å². The molecule has 12 heteroatoms.